The molecule has 5 heteroatoms. The van der Waals surface area contributed by atoms with E-state index in [2.05, 4.69) is 26.9 Å². The van der Waals surface area contributed by atoms with Crippen molar-refractivity contribution in [3.05, 3.63) is 52.5 Å². The van der Waals surface area contributed by atoms with Gasteiger partial charge in [-0.2, -0.15) is 0 Å². The molecule has 1 spiro atoms. The lowest BCUT2D eigenvalue weighted by molar-refractivity contribution is -0.121. The molecule has 0 bridgehead atoms. The number of hydrogen-bond acceptors (Lipinski definition) is 3. The molecule has 1 fully saturated rings. The van der Waals surface area contributed by atoms with Gasteiger partial charge in [0.05, 0.1) is 7.11 Å². The number of rotatable bonds is 2. The predicted molar refractivity (Wildman–Crippen MR) is 98.9 cm³/mol. The van der Waals surface area contributed by atoms with E-state index < -0.39 is 5.54 Å². The second-order valence-electron chi connectivity index (χ2n) is 6.45. The zero-order valence-corrected chi connectivity index (χ0v) is 15.3. The van der Waals surface area contributed by atoms with Crippen LogP contribution in [0, 0.1) is 0 Å². The molecule has 1 amide bonds. The molecule has 0 radical (unpaired) electrons. The summed E-state index contributed by atoms with van der Waals surface area (Å²) >= 11 is 3.45. The Kier molecular flexibility index (Phi) is 3.57. The SMILES string of the molecule is COc1ccc2c(c1)N(C)C1(CCN(c3ccc(Br)cc3)C1=O)C2. The predicted octanol–water partition coefficient (Wildman–Crippen LogP) is 3.63. The molecule has 124 valence electrons. The number of nitrogens with zero attached hydrogens (tertiary/aromatic N) is 2. The molecule has 0 aromatic heterocycles. The van der Waals surface area contributed by atoms with E-state index in [0.717, 1.165) is 41.0 Å². The lowest BCUT2D eigenvalue weighted by Crippen LogP contribution is -2.51. The van der Waals surface area contributed by atoms with Crippen LogP contribution in [0.4, 0.5) is 11.4 Å². The van der Waals surface area contributed by atoms with Gasteiger partial charge >= 0.3 is 0 Å². The van der Waals surface area contributed by atoms with Crippen molar-refractivity contribution in [3.8, 4) is 5.75 Å². The molecule has 2 aromatic rings. The van der Waals surface area contributed by atoms with Crippen molar-refractivity contribution >= 4 is 33.2 Å². The van der Waals surface area contributed by atoms with Gasteiger partial charge in [-0.3, -0.25) is 4.79 Å². The smallest absolute Gasteiger partial charge is 0.253 e. The fourth-order valence-electron chi connectivity index (χ4n) is 3.90. The number of carbonyl (C=O) groups excluding carboxylic acids is 1. The van der Waals surface area contributed by atoms with Gasteiger partial charge < -0.3 is 14.5 Å². The van der Waals surface area contributed by atoms with Gasteiger partial charge in [-0.05, 0) is 42.3 Å². The monoisotopic (exact) mass is 386 g/mol. The maximum Gasteiger partial charge on any atom is 0.253 e. The summed E-state index contributed by atoms with van der Waals surface area (Å²) in [5.41, 5.74) is 2.80. The molecule has 24 heavy (non-hydrogen) atoms. The summed E-state index contributed by atoms with van der Waals surface area (Å²) in [6, 6.07) is 14.0. The van der Waals surface area contributed by atoms with E-state index in [4.69, 9.17) is 4.74 Å². The molecule has 0 aliphatic carbocycles. The summed E-state index contributed by atoms with van der Waals surface area (Å²) in [6.45, 7) is 0.746. The lowest BCUT2D eigenvalue weighted by atomic mass is 9.92. The highest BCUT2D eigenvalue weighted by atomic mass is 79.9. The summed E-state index contributed by atoms with van der Waals surface area (Å²) in [7, 11) is 3.69. The third-order valence-electron chi connectivity index (χ3n) is 5.31. The molecular weight excluding hydrogens is 368 g/mol. The van der Waals surface area contributed by atoms with Crippen LogP contribution in [0.15, 0.2) is 46.9 Å². The summed E-state index contributed by atoms with van der Waals surface area (Å²) in [5.74, 6) is 1.01. The lowest BCUT2D eigenvalue weighted by Gasteiger charge is -2.32. The number of carbonyl (C=O) groups is 1. The van der Waals surface area contributed by atoms with E-state index in [9.17, 15) is 4.79 Å². The van der Waals surface area contributed by atoms with Crippen molar-refractivity contribution in [2.75, 3.05) is 30.5 Å². The average Bonchev–Trinajstić information content (AvgIpc) is 3.07. The number of hydrogen-bond donors (Lipinski definition) is 0. The Labute approximate surface area is 150 Å². The number of likely N-dealkylation sites (N-methyl/N-ethyl adjacent to an activating group) is 1. The molecule has 1 atom stereocenters. The minimum Gasteiger partial charge on any atom is -0.497 e. The molecule has 0 N–H and O–H groups in total. The molecule has 2 aliphatic rings. The first-order valence-electron chi connectivity index (χ1n) is 8.03. The summed E-state index contributed by atoms with van der Waals surface area (Å²) < 4.78 is 6.36. The number of amides is 1. The van der Waals surface area contributed by atoms with E-state index >= 15 is 0 Å². The quantitative estimate of drug-likeness (QED) is 0.789. The Bertz CT molecular complexity index is 806. The van der Waals surface area contributed by atoms with Crippen molar-refractivity contribution in [2.45, 2.75) is 18.4 Å². The second kappa shape index (κ2) is 5.52. The topological polar surface area (TPSA) is 32.8 Å². The van der Waals surface area contributed by atoms with Crippen LogP contribution in [0.5, 0.6) is 5.75 Å². The van der Waals surface area contributed by atoms with Crippen LogP contribution < -0.4 is 14.5 Å². The van der Waals surface area contributed by atoms with Crippen LogP contribution in [0.3, 0.4) is 0 Å². The fraction of sp³-hybridized carbons (Fsp3) is 0.316. The Balaban J connectivity index is 1.68. The molecule has 4 nitrogen and oxygen atoms in total. The van der Waals surface area contributed by atoms with E-state index in [0.29, 0.717) is 0 Å². The molecule has 1 unspecified atom stereocenters. The van der Waals surface area contributed by atoms with Gasteiger partial charge in [-0.15, -0.1) is 0 Å². The minimum absolute atomic E-state index is 0.183. The van der Waals surface area contributed by atoms with Crippen LogP contribution in [0.2, 0.25) is 0 Å². The molecule has 2 heterocycles. The summed E-state index contributed by atoms with van der Waals surface area (Å²) in [5, 5.41) is 0. The highest BCUT2D eigenvalue weighted by Gasteiger charge is 2.54. The Morgan fingerprint density at radius 2 is 1.92 bits per heavy atom. The number of methoxy groups -OCH3 is 1. The molecule has 1 saturated heterocycles. The molecule has 2 aromatic carbocycles. The standard InChI is InChI=1S/C19H19BrN2O2/c1-21-17-11-16(24-2)8-3-13(17)12-19(21)9-10-22(18(19)23)15-6-4-14(20)5-7-15/h3-8,11H,9-10,12H2,1-2H3. The van der Waals surface area contributed by atoms with Crippen molar-refractivity contribution in [3.63, 3.8) is 0 Å². The number of benzene rings is 2. The number of fused-ring (bicyclic) bond motifs is 1. The van der Waals surface area contributed by atoms with Crippen LogP contribution in [-0.4, -0.2) is 32.1 Å². The largest absolute Gasteiger partial charge is 0.497 e. The molecule has 2 aliphatic heterocycles. The van der Waals surface area contributed by atoms with Gasteiger partial charge in [0, 0.05) is 41.9 Å². The van der Waals surface area contributed by atoms with Gasteiger partial charge in [0.2, 0.25) is 0 Å². The van der Waals surface area contributed by atoms with Crippen LogP contribution in [0.25, 0.3) is 0 Å². The maximum atomic E-state index is 13.3. The third-order valence-corrected chi connectivity index (χ3v) is 5.84. The highest BCUT2D eigenvalue weighted by molar-refractivity contribution is 9.10. The van der Waals surface area contributed by atoms with Crippen molar-refractivity contribution in [2.24, 2.45) is 0 Å². The number of anilines is 2. The van der Waals surface area contributed by atoms with Gasteiger partial charge in [0.15, 0.2) is 0 Å². The average molecular weight is 387 g/mol. The number of ether oxygens (including phenoxy) is 1. The van der Waals surface area contributed by atoms with Gasteiger partial charge in [-0.1, -0.05) is 22.0 Å². The number of halogens is 1. The molecule has 4 rings (SSSR count). The molecule has 0 saturated carbocycles. The normalized spacial score (nSPS) is 22.4. The van der Waals surface area contributed by atoms with Crippen molar-refractivity contribution < 1.29 is 9.53 Å². The van der Waals surface area contributed by atoms with E-state index in [1.54, 1.807) is 7.11 Å². The molecular formula is C19H19BrN2O2. The second-order valence-corrected chi connectivity index (χ2v) is 7.36. The van der Waals surface area contributed by atoms with E-state index in [-0.39, 0.29) is 5.91 Å². The highest BCUT2D eigenvalue weighted by Crippen LogP contribution is 2.45. The van der Waals surface area contributed by atoms with Crippen molar-refractivity contribution in [1.82, 2.24) is 0 Å². The van der Waals surface area contributed by atoms with Crippen LogP contribution >= 0.6 is 15.9 Å². The zero-order valence-electron chi connectivity index (χ0n) is 13.8. The van der Waals surface area contributed by atoms with Gasteiger partial charge in [-0.25, -0.2) is 0 Å². The van der Waals surface area contributed by atoms with Crippen molar-refractivity contribution in [1.29, 1.82) is 0 Å². The van der Waals surface area contributed by atoms with Gasteiger partial charge in [0.1, 0.15) is 11.3 Å². The zero-order chi connectivity index (χ0) is 16.9. The van der Waals surface area contributed by atoms with E-state index in [1.807, 2.05) is 48.3 Å². The van der Waals surface area contributed by atoms with Crippen LogP contribution in [0.1, 0.15) is 12.0 Å². The van der Waals surface area contributed by atoms with Gasteiger partial charge in [0.25, 0.3) is 5.91 Å². The summed E-state index contributed by atoms with van der Waals surface area (Å²) in [6.07, 6.45) is 1.59. The van der Waals surface area contributed by atoms with Crippen LogP contribution in [-0.2, 0) is 11.2 Å². The minimum atomic E-state index is -0.470. The Morgan fingerprint density at radius 3 is 2.62 bits per heavy atom. The maximum absolute atomic E-state index is 13.3. The first kappa shape index (κ1) is 15.5. The third kappa shape index (κ3) is 2.14. The Hall–Kier alpha value is -2.01. The first-order chi connectivity index (χ1) is 11.5. The van der Waals surface area contributed by atoms with E-state index in [1.165, 1.54) is 5.56 Å². The Morgan fingerprint density at radius 1 is 1.17 bits per heavy atom. The first-order valence-corrected chi connectivity index (χ1v) is 8.83. The fourth-order valence-corrected chi connectivity index (χ4v) is 4.16. The summed E-state index contributed by atoms with van der Waals surface area (Å²) in [4.78, 5) is 17.3.